The number of aromatic nitrogens is 2. The van der Waals surface area contributed by atoms with Crippen LogP contribution < -0.4 is 10.1 Å². The van der Waals surface area contributed by atoms with E-state index < -0.39 is 6.61 Å². The van der Waals surface area contributed by atoms with Gasteiger partial charge < -0.3 is 19.2 Å². The first-order valence-electron chi connectivity index (χ1n) is 17.8. The van der Waals surface area contributed by atoms with Gasteiger partial charge in [0.1, 0.15) is 11.3 Å². The largest absolute Gasteiger partial charge is 0.436 e. The summed E-state index contributed by atoms with van der Waals surface area (Å²) in [6, 6.07) is 13.6. The van der Waals surface area contributed by atoms with Crippen molar-refractivity contribution in [2.75, 3.05) is 32.1 Å². The fourth-order valence-electron chi connectivity index (χ4n) is 8.78. The monoisotopic (exact) mass is 760 g/mol. The highest BCUT2D eigenvalue weighted by atomic mass is 35.5. The Labute approximate surface area is 314 Å². The van der Waals surface area contributed by atoms with Gasteiger partial charge in [-0.1, -0.05) is 35.9 Å². The SMILES string of the molecule is COCC12CCC(CCN3CCc4sc(C(=O)Nc5cccc(-c6cccc(-c7nc8cc(C=O)c(OC(F)F)cc8o7)c6C)c5Cl)nc4C3)(CC1)C2. The normalized spacial score (nSPS) is 21.0. The number of hydrogen-bond acceptors (Lipinski definition) is 9. The van der Waals surface area contributed by atoms with Gasteiger partial charge in [0.25, 0.3) is 5.91 Å². The molecule has 3 aliphatic rings. The van der Waals surface area contributed by atoms with E-state index in [2.05, 4.69) is 19.9 Å². The number of alkyl halides is 2. The van der Waals surface area contributed by atoms with E-state index in [4.69, 9.17) is 25.7 Å². The van der Waals surface area contributed by atoms with Crippen LogP contribution in [0.4, 0.5) is 14.5 Å². The summed E-state index contributed by atoms with van der Waals surface area (Å²) in [5.41, 5.74) is 5.64. The lowest BCUT2D eigenvalue weighted by atomic mass is 9.80. The third-order valence-electron chi connectivity index (χ3n) is 11.5. The van der Waals surface area contributed by atoms with Crippen molar-refractivity contribution in [1.29, 1.82) is 0 Å². The highest BCUT2D eigenvalue weighted by Gasteiger charge is 2.53. The lowest BCUT2D eigenvalue weighted by Gasteiger charge is -2.32. The average molecular weight is 761 g/mol. The molecule has 8 rings (SSSR count). The lowest BCUT2D eigenvalue weighted by molar-refractivity contribution is -0.0500. The van der Waals surface area contributed by atoms with Crippen molar-refractivity contribution >= 4 is 51.9 Å². The second-order valence-electron chi connectivity index (χ2n) is 14.7. The smallest absolute Gasteiger partial charge is 0.387 e. The number of fused-ring (bicyclic) bond motifs is 4. The molecule has 5 aromatic rings. The Bertz CT molecular complexity index is 2210. The van der Waals surface area contributed by atoms with Gasteiger partial charge in [-0.15, -0.1) is 11.3 Å². The van der Waals surface area contributed by atoms with Crippen LogP contribution in [0.3, 0.4) is 0 Å². The first-order chi connectivity index (χ1) is 25.6. The topological polar surface area (TPSA) is 107 Å². The summed E-state index contributed by atoms with van der Waals surface area (Å²) in [7, 11) is 1.82. The Kier molecular flexibility index (Phi) is 9.59. The number of nitrogens with one attached hydrogen (secondary N) is 1. The van der Waals surface area contributed by atoms with Crippen LogP contribution in [0, 0.1) is 17.8 Å². The fraction of sp³-hybridized carbons (Fsp3) is 0.400. The number of amides is 1. The highest BCUT2D eigenvalue weighted by molar-refractivity contribution is 7.13. The zero-order valence-electron chi connectivity index (χ0n) is 29.5. The molecule has 3 heterocycles. The van der Waals surface area contributed by atoms with Crippen LogP contribution in [0.1, 0.15) is 74.8 Å². The minimum absolute atomic E-state index is 0.0637. The third-order valence-corrected chi connectivity index (χ3v) is 13.1. The number of ether oxygens (including phenoxy) is 2. The molecule has 2 saturated carbocycles. The van der Waals surface area contributed by atoms with E-state index in [-0.39, 0.29) is 28.7 Å². The van der Waals surface area contributed by atoms with Gasteiger partial charge in [0, 0.05) is 42.3 Å². The van der Waals surface area contributed by atoms with Crippen LogP contribution in [0.2, 0.25) is 5.02 Å². The maximum Gasteiger partial charge on any atom is 0.387 e. The van der Waals surface area contributed by atoms with Gasteiger partial charge >= 0.3 is 6.61 Å². The first kappa shape index (κ1) is 35.8. The molecule has 0 saturated heterocycles. The molecule has 1 amide bonds. The molecule has 0 atom stereocenters. The second kappa shape index (κ2) is 14.2. The van der Waals surface area contributed by atoms with E-state index in [1.807, 2.05) is 44.4 Å². The highest BCUT2D eigenvalue weighted by Crippen LogP contribution is 2.63. The van der Waals surface area contributed by atoms with Crippen LogP contribution in [0.5, 0.6) is 5.75 Å². The molecule has 0 unspecified atom stereocenters. The van der Waals surface area contributed by atoms with Crippen molar-refractivity contribution in [2.24, 2.45) is 10.8 Å². The number of halogens is 3. The van der Waals surface area contributed by atoms with E-state index in [1.165, 1.54) is 62.0 Å². The molecule has 1 aliphatic heterocycles. The second-order valence-corrected chi connectivity index (χ2v) is 16.2. The maximum absolute atomic E-state index is 13.6. The molecular formula is C40H39ClF2N4O5S. The van der Waals surface area contributed by atoms with Crippen LogP contribution >= 0.6 is 22.9 Å². The number of rotatable bonds is 12. The Hall–Kier alpha value is -4.23. The number of aldehydes is 1. The van der Waals surface area contributed by atoms with Crippen molar-refractivity contribution in [1.82, 2.24) is 14.9 Å². The maximum atomic E-state index is 13.6. The number of thiazole rings is 1. The van der Waals surface area contributed by atoms with Gasteiger partial charge in [-0.25, -0.2) is 9.97 Å². The summed E-state index contributed by atoms with van der Waals surface area (Å²) in [6.45, 7) is 2.45. The number of hydrogen-bond donors (Lipinski definition) is 1. The Balaban J connectivity index is 0.967. The minimum Gasteiger partial charge on any atom is -0.436 e. The molecule has 2 bridgehead atoms. The number of anilines is 1. The predicted octanol–water partition coefficient (Wildman–Crippen LogP) is 9.59. The molecule has 1 N–H and O–H groups in total. The molecule has 2 aliphatic carbocycles. The fourth-order valence-corrected chi connectivity index (χ4v) is 10.0. The molecule has 2 aromatic heterocycles. The van der Waals surface area contributed by atoms with Crippen molar-refractivity contribution in [2.45, 2.75) is 65.0 Å². The van der Waals surface area contributed by atoms with Gasteiger partial charge in [0.2, 0.25) is 5.89 Å². The van der Waals surface area contributed by atoms with Crippen molar-refractivity contribution in [3.05, 3.63) is 80.3 Å². The number of benzene rings is 3. The van der Waals surface area contributed by atoms with Crippen molar-refractivity contribution in [3.8, 4) is 28.3 Å². The van der Waals surface area contributed by atoms with Crippen LogP contribution in [-0.4, -0.2) is 60.5 Å². The number of carbonyl (C=O) groups is 2. The minimum atomic E-state index is -3.10. The summed E-state index contributed by atoms with van der Waals surface area (Å²) in [5.74, 6) is -0.362. The number of oxazole rings is 1. The molecule has 9 nitrogen and oxygen atoms in total. The zero-order valence-corrected chi connectivity index (χ0v) is 31.0. The van der Waals surface area contributed by atoms with Gasteiger partial charge in [0.15, 0.2) is 16.9 Å². The predicted molar refractivity (Wildman–Crippen MR) is 200 cm³/mol. The summed E-state index contributed by atoms with van der Waals surface area (Å²) in [4.78, 5) is 38.1. The quantitative estimate of drug-likeness (QED) is 0.125. The van der Waals surface area contributed by atoms with Gasteiger partial charge in [-0.05, 0) is 98.6 Å². The summed E-state index contributed by atoms with van der Waals surface area (Å²) in [6.07, 6.45) is 8.98. The molecule has 3 aromatic carbocycles. The molecule has 276 valence electrons. The molecule has 2 fully saturated rings. The number of methoxy groups -OCH3 is 1. The Morgan fingerprint density at radius 2 is 1.85 bits per heavy atom. The van der Waals surface area contributed by atoms with Crippen molar-refractivity contribution < 1.29 is 32.3 Å². The number of carbonyl (C=O) groups excluding carboxylic acids is 2. The standard InChI is InChI=1S/C40H39ClF2N4O5S/c1-23-25(5-3-6-26(23)36-45-29-17-24(20-48)31(52-38(42)43)18-32(29)51-36)27-7-4-8-28(34(27)41)44-35(49)37-46-30-19-47(15-9-33(30)53-37)16-14-39-10-12-40(21-39,13-11-39)22-50-2/h3-8,17-18,20,38H,9-16,19,21-22H2,1-2H3,(H,44,49). The molecule has 53 heavy (non-hydrogen) atoms. The third kappa shape index (κ3) is 6.86. The van der Waals surface area contributed by atoms with Gasteiger partial charge in [-0.3, -0.25) is 14.5 Å². The molecule has 0 radical (unpaired) electrons. The molecule has 13 heteroatoms. The van der Waals surface area contributed by atoms with E-state index in [0.29, 0.717) is 49.5 Å². The van der Waals surface area contributed by atoms with E-state index >= 15 is 0 Å². The summed E-state index contributed by atoms with van der Waals surface area (Å²) in [5, 5.41) is 3.77. The first-order valence-corrected chi connectivity index (χ1v) is 19.0. The molecular weight excluding hydrogens is 722 g/mol. The van der Waals surface area contributed by atoms with E-state index in [1.54, 1.807) is 6.07 Å². The number of nitrogens with zero attached hydrogens (tertiary/aromatic N) is 3. The summed E-state index contributed by atoms with van der Waals surface area (Å²) < 4.78 is 41.9. The summed E-state index contributed by atoms with van der Waals surface area (Å²) >= 11 is 8.42. The lowest BCUT2D eigenvalue weighted by Crippen LogP contribution is -2.33. The Morgan fingerprint density at radius 1 is 1.09 bits per heavy atom. The van der Waals surface area contributed by atoms with Crippen LogP contribution in [0.15, 0.2) is 52.9 Å². The average Bonchev–Trinajstić information content (AvgIpc) is 3.93. The van der Waals surface area contributed by atoms with Crippen LogP contribution in [0.25, 0.3) is 33.7 Å². The van der Waals surface area contributed by atoms with Gasteiger partial charge in [-0.2, -0.15) is 8.78 Å². The van der Waals surface area contributed by atoms with Crippen LogP contribution in [-0.2, 0) is 17.7 Å². The van der Waals surface area contributed by atoms with Crippen molar-refractivity contribution in [3.63, 3.8) is 0 Å². The molecule has 0 spiro atoms. The Morgan fingerprint density at radius 3 is 2.62 bits per heavy atom. The van der Waals surface area contributed by atoms with Gasteiger partial charge in [0.05, 0.1) is 28.6 Å². The van der Waals surface area contributed by atoms with E-state index in [9.17, 15) is 18.4 Å². The van der Waals surface area contributed by atoms with E-state index in [0.717, 1.165) is 54.4 Å². The zero-order chi connectivity index (χ0) is 36.9.